The first-order valence-electron chi connectivity index (χ1n) is 13.9. The maximum Gasteiger partial charge on any atom is 1.00 e. The van der Waals surface area contributed by atoms with E-state index in [0.717, 1.165) is 25.7 Å². The van der Waals surface area contributed by atoms with E-state index in [-0.39, 0.29) is 53.4 Å². The Bertz CT molecular complexity index is 1460. The fourth-order valence-corrected chi connectivity index (χ4v) is 5.87. The predicted molar refractivity (Wildman–Crippen MR) is 146 cm³/mol. The van der Waals surface area contributed by atoms with Gasteiger partial charge in [-0.25, -0.2) is 0 Å². The van der Waals surface area contributed by atoms with Gasteiger partial charge >= 0.3 is 29.6 Å². The number of aromatic amines is 1. The van der Waals surface area contributed by atoms with Crippen molar-refractivity contribution in [3.8, 4) is 5.75 Å². The van der Waals surface area contributed by atoms with Gasteiger partial charge in [0.25, 0.3) is 0 Å². The third-order valence-corrected chi connectivity index (χ3v) is 8.11. The number of hydrogen-bond donors (Lipinski definition) is 6. The van der Waals surface area contributed by atoms with E-state index >= 15 is 0 Å². The fourth-order valence-electron chi connectivity index (χ4n) is 5.87. The van der Waals surface area contributed by atoms with Crippen LogP contribution in [0.15, 0.2) is 41.2 Å². The Labute approximate surface area is 264 Å². The number of ether oxygens (including phenoxy) is 2. The summed E-state index contributed by atoms with van der Waals surface area (Å²) in [4.78, 5) is 26.2. The summed E-state index contributed by atoms with van der Waals surface area (Å²) < 4.78 is 10.8. The molecule has 1 fully saturated rings. The number of aromatic nitrogens is 1. The van der Waals surface area contributed by atoms with Gasteiger partial charge in [-0.3, -0.25) is 4.79 Å². The second-order valence-electron chi connectivity index (χ2n) is 10.7. The van der Waals surface area contributed by atoms with Crippen molar-refractivity contribution >= 4 is 16.9 Å². The molecule has 220 valence electrons. The molecule has 12 heteroatoms. The number of aliphatic hydroxyl groups is 4. The Morgan fingerprint density at radius 3 is 2.29 bits per heavy atom. The number of H-pyrrole nitrogens is 1. The zero-order valence-electron chi connectivity index (χ0n) is 23.9. The molecule has 2 aliphatic rings. The number of nitrogens with one attached hydrogen (secondary N) is 2. The molecule has 6 N–H and O–H groups in total. The van der Waals surface area contributed by atoms with E-state index in [0.29, 0.717) is 10.9 Å². The smallest absolute Gasteiger partial charge is 0.547 e. The standard InChI is InChI=1S/C30H36N2O9.Na/c1-3-14-9-16-11-18(12-17(16)10-15(14)4-2)31-13-21(33)19-5-7-22(24-20(19)6-8-23(34)32-24)40-30-27(37)25(35)26(36)28(41-30)29(38)39;/h5-10,18,21,25-28,30-31,33,35-37H,3-4,11-13H2,1-2H3,(H,32,34)(H,38,39);/q;+1/p-1/t21-,25-,26-,27+,28-,30+;/m0./s1. The van der Waals surface area contributed by atoms with Crippen LogP contribution in [0.4, 0.5) is 0 Å². The van der Waals surface area contributed by atoms with Crippen LogP contribution in [0, 0.1) is 0 Å². The zero-order chi connectivity index (χ0) is 29.4. The molecule has 0 amide bonds. The predicted octanol–water partition coefficient (Wildman–Crippen LogP) is -3.62. The van der Waals surface area contributed by atoms with Crippen LogP contribution >= 0.6 is 0 Å². The molecule has 0 bridgehead atoms. The van der Waals surface area contributed by atoms with Crippen molar-refractivity contribution in [2.75, 3.05) is 6.54 Å². The molecular weight excluding hydrogens is 555 g/mol. The number of carboxylic acid groups (broad SMARTS) is 1. The fraction of sp³-hybridized carbons (Fsp3) is 0.467. The van der Waals surface area contributed by atoms with Crippen molar-refractivity contribution in [2.24, 2.45) is 0 Å². The van der Waals surface area contributed by atoms with Gasteiger partial charge in [-0.15, -0.1) is 0 Å². The minimum absolute atomic E-state index is 0. The van der Waals surface area contributed by atoms with Crippen molar-refractivity contribution < 1.29 is 69.4 Å². The summed E-state index contributed by atoms with van der Waals surface area (Å²) in [5.41, 5.74) is 5.66. The van der Waals surface area contributed by atoms with E-state index in [4.69, 9.17) is 9.47 Å². The van der Waals surface area contributed by atoms with Crippen LogP contribution < -0.4 is 50.3 Å². The van der Waals surface area contributed by atoms with E-state index in [1.807, 2.05) is 0 Å². The average molecular weight is 591 g/mol. The van der Waals surface area contributed by atoms with Gasteiger partial charge in [-0.1, -0.05) is 32.0 Å². The first-order chi connectivity index (χ1) is 19.6. The SMILES string of the molecule is CCc1cc2c(cc1CC)CC(NC[C@H](O)c1ccc(O[C@@H]3O[C@H](C(=O)[O-])[C@@H](O)[C@H](O)[C@H]3O)c3[nH]c(=O)ccc13)C2.[Na+]. The van der Waals surface area contributed by atoms with Gasteiger partial charge in [-0.2, -0.15) is 0 Å². The number of benzene rings is 2. The number of fused-ring (bicyclic) bond motifs is 2. The molecule has 11 nitrogen and oxygen atoms in total. The number of carboxylic acids is 1. The van der Waals surface area contributed by atoms with E-state index in [2.05, 4.69) is 36.3 Å². The van der Waals surface area contributed by atoms with E-state index < -0.39 is 48.3 Å². The molecule has 0 unspecified atom stereocenters. The van der Waals surface area contributed by atoms with Crippen LogP contribution in [0.2, 0.25) is 0 Å². The van der Waals surface area contributed by atoms with Gasteiger partial charge in [-0.05, 0) is 65.6 Å². The number of pyridine rings is 1. The molecule has 2 aromatic carbocycles. The second-order valence-corrected chi connectivity index (χ2v) is 10.7. The Balaban J connectivity index is 0.00000405. The van der Waals surface area contributed by atoms with Crippen molar-refractivity contribution in [2.45, 2.75) is 82.4 Å². The first kappa shape index (κ1) is 32.6. The number of aliphatic hydroxyl groups excluding tert-OH is 4. The molecule has 5 rings (SSSR count). The largest absolute Gasteiger partial charge is 1.00 e. The summed E-state index contributed by atoms with van der Waals surface area (Å²) in [7, 11) is 0. The normalized spacial score (nSPS) is 24.7. The second kappa shape index (κ2) is 13.5. The number of carbonyl (C=O) groups is 1. The summed E-state index contributed by atoms with van der Waals surface area (Å²) in [6.07, 6.45) is -6.43. The third-order valence-electron chi connectivity index (χ3n) is 8.11. The van der Waals surface area contributed by atoms with Crippen LogP contribution in [-0.4, -0.2) is 74.7 Å². The number of carbonyl (C=O) groups excluding carboxylic acids is 1. The maximum absolute atomic E-state index is 12.2. The monoisotopic (exact) mass is 590 g/mol. The minimum atomic E-state index is -1.94. The molecular formula is C30H35N2NaO9. The van der Waals surface area contributed by atoms with Crippen molar-refractivity contribution in [3.63, 3.8) is 0 Å². The summed E-state index contributed by atoms with van der Waals surface area (Å²) in [5, 5.41) is 56.8. The summed E-state index contributed by atoms with van der Waals surface area (Å²) in [5.74, 6) is -1.78. The Morgan fingerprint density at radius 2 is 1.69 bits per heavy atom. The van der Waals surface area contributed by atoms with Crippen LogP contribution in [0.3, 0.4) is 0 Å². The van der Waals surface area contributed by atoms with E-state index in [1.165, 1.54) is 40.5 Å². The Morgan fingerprint density at radius 1 is 1.05 bits per heavy atom. The topological polar surface area (TPSA) is 184 Å². The molecule has 1 saturated heterocycles. The molecule has 3 aromatic rings. The van der Waals surface area contributed by atoms with Crippen molar-refractivity contribution in [1.29, 1.82) is 0 Å². The molecule has 6 atom stereocenters. The molecule has 1 aliphatic carbocycles. The van der Waals surface area contributed by atoms with Crippen LogP contribution in [-0.2, 0) is 35.2 Å². The molecule has 1 aliphatic heterocycles. The van der Waals surface area contributed by atoms with Gasteiger partial charge in [0.05, 0.1) is 17.6 Å². The van der Waals surface area contributed by atoms with E-state index in [9.17, 15) is 35.1 Å². The molecule has 42 heavy (non-hydrogen) atoms. The van der Waals surface area contributed by atoms with Crippen LogP contribution in [0.25, 0.3) is 10.9 Å². The van der Waals surface area contributed by atoms with Gasteiger partial charge in [0, 0.05) is 24.0 Å². The minimum Gasteiger partial charge on any atom is -0.547 e. The van der Waals surface area contributed by atoms with Crippen LogP contribution in [0.1, 0.15) is 47.8 Å². The number of aliphatic carboxylic acids is 1. The summed E-state index contributed by atoms with van der Waals surface area (Å²) in [6.45, 7) is 4.59. The number of rotatable bonds is 9. The average Bonchev–Trinajstić information content (AvgIpc) is 3.36. The molecule has 2 heterocycles. The van der Waals surface area contributed by atoms with Crippen molar-refractivity contribution in [1.82, 2.24) is 10.3 Å². The maximum atomic E-state index is 12.2. The third kappa shape index (κ3) is 6.45. The van der Waals surface area contributed by atoms with Crippen LogP contribution in [0.5, 0.6) is 5.75 Å². The first-order valence-corrected chi connectivity index (χ1v) is 13.9. The number of hydrogen-bond acceptors (Lipinski definition) is 10. The Kier molecular flexibility index (Phi) is 10.5. The zero-order valence-corrected chi connectivity index (χ0v) is 25.9. The van der Waals surface area contributed by atoms with Crippen molar-refractivity contribution in [3.05, 3.63) is 74.6 Å². The Hall–Kier alpha value is -2.32. The van der Waals surface area contributed by atoms with E-state index in [1.54, 1.807) is 6.07 Å². The quantitative estimate of drug-likeness (QED) is 0.136. The molecule has 0 spiro atoms. The van der Waals surface area contributed by atoms with Gasteiger partial charge in [0.1, 0.15) is 30.2 Å². The van der Waals surface area contributed by atoms with Gasteiger partial charge < -0.3 is 50.1 Å². The molecule has 1 aromatic heterocycles. The molecule has 0 saturated carbocycles. The van der Waals surface area contributed by atoms with Gasteiger partial charge in [0.15, 0.2) is 0 Å². The number of aryl methyl sites for hydroxylation is 2. The summed E-state index contributed by atoms with van der Waals surface area (Å²) in [6, 6.07) is 10.7. The molecule has 0 radical (unpaired) electrons. The van der Waals surface area contributed by atoms with Gasteiger partial charge in [0.2, 0.25) is 11.8 Å². The summed E-state index contributed by atoms with van der Waals surface area (Å²) >= 11 is 0.